The molecule has 208 valence electrons. The van der Waals surface area contributed by atoms with Crippen LogP contribution in [0.1, 0.15) is 30.4 Å². The molecule has 2 aliphatic heterocycles. The minimum Gasteiger partial charge on any atom is -0.333 e. The van der Waals surface area contributed by atoms with E-state index < -0.39 is 61.2 Å². The molecule has 2 saturated carbocycles. The number of piperidine rings is 1. The molecule has 2 bridgehead atoms. The molecule has 5 atom stereocenters. The number of nitrogens with zero attached hydrogens (tertiary/aromatic N) is 2. The van der Waals surface area contributed by atoms with Crippen LogP contribution in [0.5, 0.6) is 0 Å². The number of rotatable bonds is 6. The Labute approximate surface area is 227 Å². The van der Waals surface area contributed by atoms with E-state index in [-0.39, 0.29) is 51.8 Å². The van der Waals surface area contributed by atoms with E-state index in [2.05, 4.69) is 14.4 Å². The van der Waals surface area contributed by atoms with Gasteiger partial charge in [-0.1, -0.05) is 6.07 Å². The number of amidine groups is 1. The Hall–Kier alpha value is -2.75. The van der Waals surface area contributed by atoms with Gasteiger partial charge in [-0.2, -0.15) is 8.42 Å². The number of carbonyl (C=O) groups is 2. The molecule has 3 fully saturated rings. The molecule has 1 aromatic carbocycles. The van der Waals surface area contributed by atoms with E-state index in [9.17, 15) is 35.2 Å². The Morgan fingerprint density at radius 1 is 1.18 bits per heavy atom. The van der Waals surface area contributed by atoms with E-state index in [4.69, 9.17) is 0 Å². The third-order valence-electron chi connectivity index (χ3n) is 8.06. The lowest BCUT2D eigenvalue weighted by atomic mass is 9.73. The van der Waals surface area contributed by atoms with Gasteiger partial charge in [0, 0.05) is 42.2 Å². The van der Waals surface area contributed by atoms with Crippen molar-refractivity contribution in [3.05, 3.63) is 46.3 Å². The number of hydrogen-bond donors (Lipinski definition) is 2. The number of thiophene rings is 1. The van der Waals surface area contributed by atoms with Crippen molar-refractivity contribution in [3.63, 3.8) is 0 Å². The molecule has 0 spiro atoms. The number of amides is 1. The normalized spacial score (nSPS) is 29.2. The van der Waals surface area contributed by atoms with Gasteiger partial charge in [0.25, 0.3) is 10.0 Å². The molecule has 2 aromatic rings. The second-order valence-electron chi connectivity index (χ2n) is 10.5. The first-order valence-electron chi connectivity index (χ1n) is 12.3. The largest absolute Gasteiger partial charge is 0.333 e. The minimum atomic E-state index is -4.39. The van der Waals surface area contributed by atoms with Crippen LogP contribution in [0.15, 0.2) is 32.9 Å². The van der Waals surface area contributed by atoms with E-state index in [1.165, 1.54) is 16.3 Å². The Kier molecular flexibility index (Phi) is 6.21. The van der Waals surface area contributed by atoms with Gasteiger partial charge in [0.15, 0.2) is 11.7 Å². The van der Waals surface area contributed by atoms with Crippen LogP contribution in [0.4, 0.5) is 13.8 Å². The number of fused-ring (bicyclic) bond motifs is 6. The number of ketones is 1. The lowest BCUT2D eigenvalue weighted by Crippen LogP contribution is -2.61. The molecule has 1 unspecified atom stereocenters. The third-order valence-corrected chi connectivity index (χ3v) is 11.2. The molecule has 3 heterocycles. The van der Waals surface area contributed by atoms with Gasteiger partial charge in [0.05, 0.1) is 6.26 Å². The highest BCUT2D eigenvalue weighted by atomic mass is 32.2. The summed E-state index contributed by atoms with van der Waals surface area (Å²) in [6.07, 6.45) is 3.33. The highest BCUT2D eigenvalue weighted by molar-refractivity contribution is 7.91. The summed E-state index contributed by atoms with van der Waals surface area (Å²) in [7, 11) is -7.98. The van der Waals surface area contributed by atoms with Gasteiger partial charge >= 0.3 is 0 Å². The molecule has 0 radical (unpaired) electrons. The number of halogens is 2. The molecule has 10 nitrogen and oxygen atoms in total. The van der Waals surface area contributed by atoms with Gasteiger partial charge in [-0.05, 0) is 42.5 Å². The fourth-order valence-electron chi connectivity index (χ4n) is 6.53. The summed E-state index contributed by atoms with van der Waals surface area (Å²) >= 11 is 0.986. The SMILES string of the molecule is CS(=O)(=O)NCc1csc2c1S(=O)(=O)N=C(C1C(=O)[C@@H]3[C@@H]4CC[C@@H](C4)[C@@H]3N(Cc3ccc(F)cc3F)C1=O)N2. The number of nitrogens with one attached hydrogen (secondary N) is 2. The van der Waals surface area contributed by atoms with Crippen molar-refractivity contribution in [1.29, 1.82) is 0 Å². The first-order chi connectivity index (χ1) is 18.3. The average molecular weight is 599 g/mol. The van der Waals surface area contributed by atoms with E-state index in [0.717, 1.165) is 49.0 Å². The molecular formula is C24H24F2N4O6S3. The van der Waals surface area contributed by atoms with Gasteiger partial charge in [0.2, 0.25) is 15.9 Å². The Morgan fingerprint density at radius 3 is 2.64 bits per heavy atom. The summed E-state index contributed by atoms with van der Waals surface area (Å²) in [5, 5.41) is 4.43. The van der Waals surface area contributed by atoms with E-state index in [1.54, 1.807) is 0 Å². The lowest BCUT2D eigenvalue weighted by molar-refractivity contribution is -0.153. The second kappa shape index (κ2) is 9.14. The van der Waals surface area contributed by atoms with Crippen molar-refractivity contribution in [3.8, 4) is 0 Å². The number of benzene rings is 1. The molecule has 1 aromatic heterocycles. The van der Waals surface area contributed by atoms with Crippen molar-refractivity contribution in [2.24, 2.45) is 28.1 Å². The molecular weight excluding hydrogens is 574 g/mol. The molecule has 4 aliphatic rings. The van der Waals surface area contributed by atoms with Crippen molar-refractivity contribution < 1.29 is 35.2 Å². The topological polar surface area (TPSA) is 142 Å². The van der Waals surface area contributed by atoms with Crippen LogP contribution in [-0.4, -0.2) is 51.6 Å². The third kappa shape index (κ3) is 4.48. The van der Waals surface area contributed by atoms with Crippen LogP contribution < -0.4 is 10.0 Å². The maximum absolute atomic E-state index is 14.6. The summed E-state index contributed by atoms with van der Waals surface area (Å²) in [4.78, 5) is 28.9. The van der Waals surface area contributed by atoms with Gasteiger partial charge in [-0.25, -0.2) is 21.9 Å². The Bertz CT molecular complexity index is 1660. The fourth-order valence-corrected chi connectivity index (χ4v) is 9.59. The molecule has 15 heteroatoms. The van der Waals surface area contributed by atoms with Gasteiger partial charge in [-0.3, -0.25) is 9.59 Å². The zero-order chi connectivity index (χ0) is 27.9. The molecule has 1 saturated heterocycles. The highest BCUT2D eigenvalue weighted by Crippen LogP contribution is 2.54. The second-order valence-corrected chi connectivity index (χ2v) is 14.7. The molecule has 1 amide bonds. The van der Waals surface area contributed by atoms with Gasteiger partial charge in [0.1, 0.15) is 27.4 Å². The number of anilines is 1. The van der Waals surface area contributed by atoms with Crippen molar-refractivity contribution in [2.75, 3.05) is 11.6 Å². The van der Waals surface area contributed by atoms with Gasteiger partial charge in [-0.15, -0.1) is 15.7 Å². The predicted octanol–water partition coefficient (Wildman–Crippen LogP) is 2.23. The number of sulfonamides is 2. The first kappa shape index (κ1) is 26.5. The van der Waals surface area contributed by atoms with Crippen LogP contribution in [0.3, 0.4) is 0 Å². The number of likely N-dealkylation sites (tertiary alicyclic amines) is 1. The summed E-state index contributed by atoms with van der Waals surface area (Å²) < 4.78 is 83.7. The zero-order valence-electron chi connectivity index (χ0n) is 20.6. The fraction of sp³-hybridized carbons (Fsp3) is 0.458. The summed E-state index contributed by atoms with van der Waals surface area (Å²) in [5.41, 5.74) is 0.271. The van der Waals surface area contributed by atoms with Gasteiger partial charge < -0.3 is 10.2 Å². The molecule has 39 heavy (non-hydrogen) atoms. The summed E-state index contributed by atoms with van der Waals surface area (Å²) in [6.45, 7) is -0.466. The van der Waals surface area contributed by atoms with Crippen molar-refractivity contribution in [2.45, 2.75) is 43.3 Å². The Morgan fingerprint density at radius 2 is 1.92 bits per heavy atom. The highest BCUT2D eigenvalue weighted by Gasteiger charge is 2.61. The Balaban J connectivity index is 1.37. The monoisotopic (exact) mass is 598 g/mol. The van der Waals surface area contributed by atoms with Crippen molar-refractivity contribution >= 4 is 53.9 Å². The standard InChI is InChI=1S/C24H24F2N4O6S3/c1-38(33,34)27-8-14-10-37-23-21(14)39(35,36)29-22(28-23)18-20(31)17-11-2-3-12(6-11)19(17)30(24(18)32)9-13-4-5-15(25)7-16(13)26/h4-5,7,10-12,17-19,27H,2-3,6,8-9H2,1H3,(H,28,29)/t11-,12+,17-,18?,19+/m1/s1. The van der Waals surface area contributed by atoms with Crippen molar-refractivity contribution in [1.82, 2.24) is 9.62 Å². The smallest absolute Gasteiger partial charge is 0.287 e. The van der Waals surface area contributed by atoms with E-state index in [1.807, 2.05) is 0 Å². The number of Topliss-reactive ketones (excluding diaryl/α,β-unsaturated/α-hetero) is 1. The maximum Gasteiger partial charge on any atom is 0.287 e. The van der Waals surface area contributed by atoms with Crippen LogP contribution in [0, 0.1) is 35.3 Å². The molecule has 2 aliphatic carbocycles. The minimum absolute atomic E-state index is 0.0235. The van der Waals surface area contributed by atoms with Crippen LogP contribution >= 0.6 is 11.3 Å². The quantitative estimate of drug-likeness (QED) is 0.486. The predicted molar refractivity (Wildman–Crippen MR) is 138 cm³/mol. The molecule has 2 N–H and O–H groups in total. The summed E-state index contributed by atoms with van der Waals surface area (Å²) in [5.74, 6) is -4.97. The number of hydrogen-bond acceptors (Lipinski definition) is 8. The summed E-state index contributed by atoms with van der Waals surface area (Å²) in [6, 6.07) is 2.65. The average Bonchev–Trinajstić information content (AvgIpc) is 3.56. The van der Waals surface area contributed by atoms with Crippen LogP contribution in [0.25, 0.3) is 0 Å². The van der Waals surface area contributed by atoms with Crippen LogP contribution in [-0.2, 0) is 42.7 Å². The van der Waals surface area contributed by atoms with E-state index >= 15 is 0 Å². The molecule has 6 rings (SSSR count). The van der Waals surface area contributed by atoms with E-state index in [0.29, 0.717) is 0 Å². The lowest BCUT2D eigenvalue weighted by Gasteiger charge is -2.45. The number of carbonyl (C=O) groups excluding carboxylic acids is 2. The zero-order valence-corrected chi connectivity index (χ0v) is 23.0. The first-order valence-corrected chi connectivity index (χ1v) is 16.5. The van der Waals surface area contributed by atoms with Crippen LogP contribution in [0.2, 0.25) is 0 Å². The maximum atomic E-state index is 14.6.